The van der Waals surface area contributed by atoms with E-state index in [9.17, 15) is 4.39 Å². The zero-order valence-electron chi connectivity index (χ0n) is 7.94. The lowest BCUT2D eigenvalue weighted by molar-refractivity contribution is 0.121. The average molecular weight is 186 g/mol. The largest absolute Gasteiger partial charge is 0.389 e. The Hall–Kier alpha value is -0.900. The van der Waals surface area contributed by atoms with Crippen LogP contribution in [0.15, 0.2) is 12.4 Å². The highest BCUT2D eigenvalue weighted by atomic mass is 19.1. The summed E-state index contributed by atoms with van der Waals surface area (Å²) in [6.07, 6.45) is 2.50. The van der Waals surface area contributed by atoms with Gasteiger partial charge in [-0.3, -0.25) is 0 Å². The molecule has 1 aromatic heterocycles. The average Bonchev–Trinajstić information content (AvgIpc) is 2.52. The van der Waals surface area contributed by atoms with E-state index in [0.29, 0.717) is 5.92 Å². The van der Waals surface area contributed by atoms with Gasteiger partial charge in [-0.2, -0.15) is 0 Å². The molecule has 1 N–H and O–H groups in total. The number of hydrogen-bond acceptors (Lipinski definition) is 2. The summed E-state index contributed by atoms with van der Waals surface area (Å²) in [7, 11) is 0. The van der Waals surface area contributed by atoms with Crippen LogP contribution in [0.1, 0.15) is 25.6 Å². The highest BCUT2D eigenvalue weighted by Crippen LogP contribution is 2.11. The Morgan fingerprint density at radius 2 is 2.31 bits per heavy atom. The topological polar surface area (TPSA) is 38.0 Å². The molecule has 0 spiro atoms. The van der Waals surface area contributed by atoms with E-state index >= 15 is 0 Å². The maximum Gasteiger partial charge on any atom is 0.117 e. The van der Waals surface area contributed by atoms with Crippen molar-refractivity contribution in [3.8, 4) is 0 Å². The molecule has 3 nitrogen and oxygen atoms in total. The quantitative estimate of drug-likeness (QED) is 0.770. The zero-order valence-corrected chi connectivity index (χ0v) is 7.94. The Morgan fingerprint density at radius 3 is 2.85 bits per heavy atom. The summed E-state index contributed by atoms with van der Waals surface area (Å²) in [5, 5.41) is 9.11. The molecule has 0 aliphatic carbocycles. The molecule has 1 heterocycles. The molecular formula is C9H15FN2O. The van der Waals surface area contributed by atoms with Crippen molar-refractivity contribution in [2.24, 2.45) is 0 Å². The Balaban J connectivity index is 2.70. The molecular weight excluding hydrogens is 171 g/mol. The van der Waals surface area contributed by atoms with Crippen LogP contribution < -0.4 is 0 Å². The van der Waals surface area contributed by atoms with Gasteiger partial charge in [0, 0.05) is 18.3 Å². The summed E-state index contributed by atoms with van der Waals surface area (Å²) in [6, 6.07) is 0. The second-order valence-electron chi connectivity index (χ2n) is 3.40. The lowest BCUT2D eigenvalue weighted by atomic mass is 10.2. The maximum atomic E-state index is 12.0. The summed E-state index contributed by atoms with van der Waals surface area (Å²) in [5.74, 6) is 1.18. The van der Waals surface area contributed by atoms with Gasteiger partial charge in [0.05, 0.1) is 6.54 Å². The van der Waals surface area contributed by atoms with Gasteiger partial charge in [0.2, 0.25) is 0 Å². The first-order valence-electron chi connectivity index (χ1n) is 4.40. The van der Waals surface area contributed by atoms with E-state index in [2.05, 4.69) is 4.98 Å². The van der Waals surface area contributed by atoms with Gasteiger partial charge in [-0.25, -0.2) is 9.37 Å². The first-order chi connectivity index (χ1) is 6.15. The molecule has 74 valence electrons. The number of aromatic nitrogens is 2. The van der Waals surface area contributed by atoms with Crippen LogP contribution in [-0.2, 0) is 6.54 Å². The van der Waals surface area contributed by atoms with Gasteiger partial charge in [-0.05, 0) is 0 Å². The third-order valence-electron chi connectivity index (χ3n) is 1.85. The molecule has 0 aromatic carbocycles. The van der Waals surface area contributed by atoms with Gasteiger partial charge in [0.15, 0.2) is 0 Å². The fourth-order valence-electron chi connectivity index (χ4n) is 1.25. The Labute approximate surface area is 77.2 Å². The third-order valence-corrected chi connectivity index (χ3v) is 1.85. The summed E-state index contributed by atoms with van der Waals surface area (Å²) < 4.78 is 13.8. The molecule has 4 heteroatoms. The van der Waals surface area contributed by atoms with E-state index in [0.717, 1.165) is 5.82 Å². The fourth-order valence-corrected chi connectivity index (χ4v) is 1.25. The Morgan fingerprint density at radius 1 is 1.62 bits per heavy atom. The van der Waals surface area contributed by atoms with E-state index in [-0.39, 0.29) is 6.54 Å². The molecule has 1 atom stereocenters. The lowest BCUT2D eigenvalue weighted by Crippen LogP contribution is -2.19. The van der Waals surface area contributed by atoms with Gasteiger partial charge in [0.1, 0.15) is 18.6 Å². The van der Waals surface area contributed by atoms with Crippen molar-refractivity contribution < 1.29 is 9.50 Å². The minimum atomic E-state index is -0.924. The number of hydrogen-bond donors (Lipinski definition) is 1. The number of aliphatic hydroxyl groups excluding tert-OH is 1. The molecule has 0 bridgehead atoms. The lowest BCUT2D eigenvalue weighted by Gasteiger charge is -2.12. The summed E-state index contributed by atoms with van der Waals surface area (Å²) >= 11 is 0. The number of imidazole rings is 1. The van der Waals surface area contributed by atoms with Gasteiger partial charge in [0.25, 0.3) is 0 Å². The molecule has 1 rings (SSSR count). The SMILES string of the molecule is CC(C)c1nccn1CC(O)CF. The molecule has 0 radical (unpaired) electrons. The molecule has 1 aromatic rings. The molecule has 13 heavy (non-hydrogen) atoms. The van der Waals surface area contributed by atoms with E-state index in [4.69, 9.17) is 5.11 Å². The minimum absolute atomic E-state index is 0.282. The highest BCUT2D eigenvalue weighted by Gasteiger charge is 2.10. The van der Waals surface area contributed by atoms with Crippen molar-refractivity contribution in [1.82, 2.24) is 9.55 Å². The Kier molecular flexibility index (Phi) is 3.42. The molecule has 0 saturated heterocycles. The molecule has 0 fully saturated rings. The van der Waals surface area contributed by atoms with E-state index in [1.54, 1.807) is 17.0 Å². The van der Waals surface area contributed by atoms with Crippen molar-refractivity contribution in [2.75, 3.05) is 6.67 Å². The molecule has 0 saturated carbocycles. The fraction of sp³-hybridized carbons (Fsp3) is 0.667. The van der Waals surface area contributed by atoms with Gasteiger partial charge < -0.3 is 9.67 Å². The maximum absolute atomic E-state index is 12.0. The molecule has 0 aliphatic rings. The van der Waals surface area contributed by atoms with Crippen LogP contribution in [0.4, 0.5) is 4.39 Å². The second-order valence-corrected chi connectivity index (χ2v) is 3.40. The van der Waals surface area contributed by atoms with Crippen molar-refractivity contribution in [3.63, 3.8) is 0 Å². The van der Waals surface area contributed by atoms with Crippen molar-refractivity contribution in [3.05, 3.63) is 18.2 Å². The molecule has 0 amide bonds. The van der Waals surface area contributed by atoms with Crippen LogP contribution in [0, 0.1) is 0 Å². The molecule has 1 unspecified atom stereocenters. The summed E-state index contributed by atoms with van der Waals surface area (Å²) in [4.78, 5) is 4.13. The van der Waals surface area contributed by atoms with Crippen molar-refractivity contribution in [2.45, 2.75) is 32.4 Å². The van der Waals surface area contributed by atoms with Crippen LogP contribution >= 0.6 is 0 Å². The van der Waals surface area contributed by atoms with Gasteiger partial charge in [-0.15, -0.1) is 0 Å². The van der Waals surface area contributed by atoms with Crippen molar-refractivity contribution >= 4 is 0 Å². The predicted molar refractivity (Wildman–Crippen MR) is 48.3 cm³/mol. The number of rotatable bonds is 4. The zero-order chi connectivity index (χ0) is 9.84. The Bertz CT molecular complexity index is 260. The first-order valence-corrected chi connectivity index (χ1v) is 4.40. The molecule has 0 aliphatic heterocycles. The van der Waals surface area contributed by atoms with Crippen LogP contribution in [0.2, 0.25) is 0 Å². The monoisotopic (exact) mass is 186 g/mol. The second kappa shape index (κ2) is 4.37. The van der Waals surface area contributed by atoms with Gasteiger partial charge >= 0.3 is 0 Å². The minimum Gasteiger partial charge on any atom is -0.389 e. The van der Waals surface area contributed by atoms with Gasteiger partial charge in [-0.1, -0.05) is 13.8 Å². The van der Waals surface area contributed by atoms with E-state index in [1.807, 2.05) is 13.8 Å². The number of alkyl halides is 1. The summed E-state index contributed by atoms with van der Waals surface area (Å²) in [5.41, 5.74) is 0. The van der Waals surface area contributed by atoms with Crippen molar-refractivity contribution in [1.29, 1.82) is 0 Å². The highest BCUT2D eigenvalue weighted by molar-refractivity contribution is 4.97. The predicted octanol–water partition coefficient (Wildman–Crippen LogP) is 1.34. The van der Waals surface area contributed by atoms with Crippen LogP contribution in [-0.4, -0.2) is 27.4 Å². The summed E-state index contributed by atoms with van der Waals surface area (Å²) in [6.45, 7) is 3.60. The third kappa shape index (κ3) is 2.52. The first kappa shape index (κ1) is 10.2. The number of aliphatic hydroxyl groups is 1. The van der Waals surface area contributed by atoms with Crippen LogP contribution in [0.3, 0.4) is 0 Å². The van der Waals surface area contributed by atoms with Crippen LogP contribution in [0.25, 0.3) is 0 Å². The van der Waals surface area contributed by atoms with Crippen LogP contribution in [0.5, 0.6) is 0 Å². The van der Waals surface area contributed by atoms with E-state index in [1.165, 1.54) is 0 Å². The number of halogens is 1. The smallest absolute Gasteiger partial charge is 0.117 e. The normalized spacial score (nSPS) is 13.6. The van der Waals surface area contributed by atoms with E-state index < -0.39 is 12.8 Å². The number of nitrogens with zero attached hydrogens (tertiary/aromatic N) is 2. The standard InChI is InChI=1S/C9H15FN2O/c1-7(2)9-11-3-4-12(9)6-8(13)5-10/h3-4,7-8,13H,5-6H2,1-2H3.